The number of ether oxygens (including phenoxy) is 2. The lowest BCUT2D eigenvalue weighted by molar-refractivity contribution is -0.140. The number of aromatic nitrogens is 4. The van der Waals surface area contributed by atoms with E-state index in [1.807, 2.05) is 4.90 Å². The normalized spacial score (nSPS) is 22.7. The summed E-state index contributed by atoms with van der Waals surface area (Å²) in [5, 5.41) is 11.8. The second-order valence-electron chi connectivity index (χ2n) is 7.03. The van der Waals surface area contributed by atoms with E-state index in [9.17, 15) is 4.79 Å². The fourth-order valence-corrected chi connectivity index (χ4v) is 3.69. The van der Waals surface area contributed by atoms with E-state index in [-0.39, 0.29) is 12.0 Å². The molecule has 0 aliphatic carbocycles. The first-order valence-electron chi connectivity index (χ1n) is 9.58. The van der Waals surface area contributed by atoms with Gasteiger partial charge in [-0.2, -0.15) is 0 Å². The quantitative estimate of drug-likeness (QED) is 0.688. The molecular weight excluding hydrogens is 336 g/mol. The van der Waals surface area contributed by atoms with Crippen LogP contribution >= 0.6 is 0 Å². The van der Waals surface area contributed by atoms with Crippen LogP contribution in [0.25, 0.3) is 0 Å². The van der Waals surface area contributed by atoms with Gasteiger partial charge in [0.1, 0.15) is 6.10 Å². The average molecular weight is 366 g/mol. The fraction of sp³-hybridized carbons (Fsp3) is 0.882. The van der Waals surface area contributed by atoms with E-state index >= 15 is 0 Å². The van der Waals surface area contributed by atoms with Gasteiger partial charge < -0.3 is 19.3 Å². The van der Waals surface area contributed by atoms with Crippen molar-refractivity contribution in [2.24, 2.45) is 5.92 Å². The molecule has 0 saturated carbocycles. The van der Waals surface area contributed by atoms with Gasteiger partial charge in [0.25, 0.3) is 0 Å². The predicted molar refractivity (Wildman–Crippen MR) is 94.4 cm³/mol. The molecule has 1 atom stereocenters. The molecule has 146 valence electrons. The van der Waals surface area contributed by atoms with E-state index in [1.165, 1.54) is 0 Å². The summed E-state index contributed by atoms with van der Waals surface area (Å²) in [4.78, 5) is 17.1. The van der Waals surface area contributed by atoms with Crippen molar-refractivity contribution in [1.29, 1.82) is 0 Å². The number of carbonyl (C=O) groups is 1. The van der Waals surface area contributed by atoms with Crippen LogP contribution < -0.4 is 0 Å². The second kappa shape index (κ2) is 9.38. The second-order valence-corrected chi connectivity index (χ2v) is 7.03. The van der Waals surface area contributed by atoms with Gasteiger partial charge in [-0.25, -0.2) is 4.68 Å². The van der Waals surface area contributed by atoms with E-state index in [1.54, 1.807) is 11.8 Å². The molecule has 3 rings (SSSR count). The molecule has 0 bridgehead atoms. The van der Waals surface area contributed by atoms with Gasteiger partial charge in [-0.3, -0.25) is 4.79 Å². The Morgan fingerprint density at radius 2 is 2.12 bits per heavy atom. The molecule has 1 aromatic heterocycles. The maximum Gasteiger partial charge on any atom is 0.223 e. The number of rotatable bonds is 7. The summed E-state index contributed by atoms with van der Waals surface area (Å²) in [6, 6.07) is 0. The third kappa shape index (κ3) is 4.77. The Bertz CT molecular complexity index is 573. The Morgan fingerprint density at radius 3 is 2.85 bits per heavy atom. The highest BCUT2D eigenvalue weighted by Gasteiger charge is 2.30. The van der Waals surface area contributed by atoms with Crippen LogP contribution in [0.15, 0.2) is 0 Å². The van der Waals surface area contributed by atoms with E-state index in [2.05, 4.69) is 27.3 Å². The molecule has 0 aromatic carbocycles. The lowest BCUT2D eigenvalue weighted by atomic mass is 9.93. The van der Waals surface area contributed by atoms with Gasteiger partial charge in [0.05, 0.1) is 26.3 Å². The summed E-state index contributed by atoms with van der Waals surface area (Å²) < 4.78 is 12.6. The van der Waals surface area contributed by atoms with Gasteiger partial charge in [0.15, 0.2) is 5.82 Å². The molecule has 2 fully saturated rings. The highest BCUT2D eigenvalue weighted by molar-refractivity contribution is 5.76. The van der Waals surface area contributed by atoms with E-state index in [4.69, 9.17) is 9.47 Å². The van der Waals surface area contributed by atoms with Crippen LogP contribution in [-0.2, 0) is 20.8 Å². The minimum atomic E-state index is -0.276. The number of amides is 1. The summed E-state index contributed by atoms with van der Waals surface area (Å²) in [7, 11) is 1.65. The van der Waals surface area contributed by atoms with Crippen LogP contribution in [0.4, 0.5) is 0 Å². The SMILES string of the molecule is CCN1CCC(CC(=O)N2CCO[C@H](c3nnnn3CCOC)C2)CC1. The molecule has 1 amide bonds. The number of likely N-dealkylation sites (tertiary alicyclic amines) is 1. The Morgan fingerprint density at radius 1 is 1.31 bits per heavy atom. The molecule has 2 aliphatic rings. The molecule has 2 saturated heterocycles. The highest BCUT2D eigenvalue weighted by Crippen LogP contribution is 2.24. The standard InChI is InChI=1S/C17H30N6O3/c1-3-21-6-4-14(5-7-21)12-16(24)22-8-11-26-15(13-22)17-18-19-20-23(17)9-10-25-2/h14-15H,3-13H2,1-2H3/t15-/m0/s1. The monoisotopic (exact) mass is 366 g/mol. The predicted octanol–water partition coefficient (Wildman–Crippen LogP) is 0.341. The van der Waals surface area contributed by atoms with Crippen molar-refractivity contribution in [2.45, 2.75) is 38.8 Å². The molecule has 1 aromatic rings. The van der Waals surface area contributed by atoms with E-state index < -0.39 is 0 Å². The number of hydrogen-bond acceptors (Lipinski definition) is 7. The summed E-state index contributed by atoms with van der Waals surface area (Å²) in [6.45, 7) is 8.28. The number of nitrogens with zero attached hydrogens (tertiary/aromatic N) is 6. The topological polar surface area (TPSA) is 85.6 Å². The average Bonchev–Trinajstić information content (AvgIpc) is 3.15. The van der Waals surface area contributed by atoms with Crippen molar-refractivity contribution in [3.05, 3.63) is 5.82 Å². The summed E-state index contributed by atoms with van der Waals surface area (Å²) >= 11 is 0. The zero-order chi connectivity index (χ0) is 18.4. The zero-order valence-corrected chi connectivity index (χ0v) is 15.8. The first kappa shape index (κ1) is 19.2. The number of piperidine rings is 1. The molecule has 0 unspecified atom stereocenters. The number of methoxy groups -OCH3 is 1. The smallest absolute Gasteiger partial charge is 0.223 e. The Kier molecular flexibility index (Phi) is 6.93. The molecule has 3 heterocycles. The van der Waals surface area contributed by atoms with Gasteiger partial charge in [-0.05, 0) is 48.8 Å². The van der Waals surface area contributed by atoms with Gasteiger partial charge in [0, 0.05) is 20.1 Å². The minimum Gasteiger partial charge on any atom is -0.383 e. The van der Waals surface area contributed by atoms with Gasteiger partial charge in [-0.1, -0.05) is 6.92 Å². The lowest BCUT2D eigenvalue weighted by Crippen LogP contribution is -2.44. The Labute approximate surface area is 154 Å². The van der Waals surface area contributed by atoms with E-state index in [0.717, 1.165) is 32.5 Å². The molecular formula is C17H30N6O3. The number of hydrogen-bond donors (Lipinski definition) is 0. The highest BCUT2D eigenvalue weighted by atomic mass is 16.5. The summed E-state index contributed by atoms with van der Waals surface area (Å²) in [5.74, 6) is 1.39. The van der Waals surface area contributed by atoms with Crippen molar-refractivity contribution in [2.75, 3.05) is 53.0 Å². The third-order valence-electron chi connectivity index (χ3n) is 5.39. The van der Waals surface area contributed by atoms with Crippen LogP contribution in [0.1, 0.15) is 38.1 Å². The van der Waals surface area contributed by atoms with Crippen molar-refractivity contribution in [3.8, 4) is 0 Å². The van der Waals surface area contributed by atoms with Gasteiger partial charge in [0.2, 0.25) is 5.91 Å². The van der Waals surface area contributed by atoms with Gasteiger partial charge in [-0.15, -0.1) is 5.10 Å². The molecule has 0 spiro atoms. The summed E-state index contributed by atoms with van der Waals surface area (Å²) in [6.07, 6.45) is 2.59. The first-order valence-corrected chi connectivity index (χ1v) is 9.58. The van der Waals surface area contributed by atoms with Crippen LogP contribution in [-0.4, -0.2) is 89.0 Å². The molecule has 9 nitrogen and oxygen atoms in total. The summed E-state index contributed by atoms with van der Waals surface area (Å²) in [5.41, 5.74) is 0. The molecule has 0 radical (unpaired) electrons. The first-order chi connectivity index (χ1) is 12.7. The van der Waals surface area contributed by atoms with Crippen molar-refractivity contribution >= 4 is 5.91 Å². The van der Waals surface area contributed by atoms with Crippen molar-refractivity contribution in [3.63, 3.8) is 0 Å². The largest absolute Gasteiger partial charge is 0.383 e. The van der Waals surface area contributed by atoms with Crippen LogP contribution in [0.3, 0.4) is 0 Å². The van der Waals surface area contributed by atoms with E-state index in [0.29, 0.717) is 51.0 Å². The molecule has 9 heteroatoms. The number of tetrazole rings is 1. The lowest BCUT2D eigenvalue weighted by Gasteiger charge is -2.35. The molecule has 0 N–H and O–H groups in total. The zero-order valence-electron chi connectivity index (χ0n) is 15.8. The van der Waals surface area contributed by atoms with Crippen LogP contribution in [0, 0.1) is 5.92 Å². The van der Waals surface area contributed by atoms with Crippen LogP contribution in [0.5, 0.6) is 0 Å². The molecule has 26 heavy (non-hydrogen) atoms. The molecule has 2 aliphatic heterocycles. The van der Waals surface area contributed by atoms with Crippen molar-refractivity contribution < 1.29 is 14.3 Å². The Hall–Kier alpha value is -1.58. The minimum absolute atomic E-state index is 0.226. The maximum absolute atomic E-state index is 12.8. The maximum atomic E-state index is 12.8. The number of carbonyl (C=O) groups excluding carboxylic acids is 1. The third-order valence-corrected chi connectivity index (χ3v) is 5.39. The Balaban J connectivity index is 1.53. The van der Waals surface area contributed by atoms with Crippen molar-refractivity contribution in [1.82, 2.24) is 30.0 Å². The van der Waals surface area contributed by atoms with Crippen LogP contribution in [0.2, 0.25) is 0 Å². The fourth-order valence-electron chi connectivity index (χ4n) is 3.69. The van der Waals surface area contributed by atoms with Gasteiger partial charge >= 0.3 is 0 Å². The number of morpholine rings is 1.